The number of aromatic nitrogens is 3. The molecule has 0 saturated heterocycles. The average Bonchev–Trinajstić information content (AvgIpc) is 2.86. The van der Waals surface area contributed by atoms with Crippen LogP contribution >= 0.6 is 0 Å². The van der Waals surface area contributed by atoms with Crippen LogP contribution in [-0.2, 0) is 6.42 Å². The van der Waals surface area contributed by atoms with Crippen molar-refractivity contribution in [1.82, 2.24) is 20.5 Å². The second-order valence-corrected chi connectivity index (χ2v) is 4.21. The molecule has 21 heavy (non-hydrogen) atoms. The lowest BCUT2D eigenvalue weighted by molar-refractivity contribution is 0.0948. The summed E-state index contributed by atoms with van der Waals surface area (Å²) >= 11 is 0. The van der Waals surface area contributed by atoms with E-state index in [0.29, 0.717) is 24.7 Å². The summed E-state index contributed by atoms with van der Waals surface area (Å²) in [5.74, 6) is -4.98. The number of carbonyl (C=O) groups is 1. The number of rotatable bonds is 5. The Kier molecular flexibility index (Phi) is 4.41. The molecule has 1 aromatic heterocycles. The van der Waals surface area contributed by atoms with E-state index in [1.54, 1.807) is 0 Å². The number of nitrogens with one attached hydrogen (secondary N) is 3. The number of hydrogen-bond acceptors (Lipinski definition) is 3. The number of hydrogen-bond donors (Lipinski definition) is 3. The molecule has 1 amide bonds. The first-order valence-corrected chi connectivity index (χ1v) is 6.04. The molecule has 112 valence electrons. The summed E-state index contributed by atoms with van der Waals surface area (Å²) < 4.78 is 39.1. The second-order valence-electron chi connectivity index (χ2n) is 4.21. The van der Waals surface area contributed by atoms with Gasteiger partial charge in [-0.1, -0.05) is 0 Å². The largest absolute Gasteiger partial charge is 0.352 e. The third-order valence-corrected chi connectivity index (χ3v) is 2.71. The monoisotopic (exact) mass is 300 g/mol. The Bertz CT molecular complexity index is 711. The molecule has 0 aliphatic carbocycles. The van der Waals surface area contributed by atoms with Crippen LogP contribution in [-0.4, -0.2) is 27.6 Å². The van der Waals surface area contributed by atoms with Crippen molar-refractivity contribution in [2.24, 2.45) is 0 Å². The molecule has 3 N–H and O–H groups in total. The first-order valence-electron chi connectivity index (χ1n) is 6.04. The van der Waals surface area contributed by atoms with Crippen molar-refractivity contribution in [3.63, 3.8) is 0 Å². The van der Waals surface area contributed by atoms with Gasteiger partial charge in [0.15, 0.2) is 17.5 Å². The highest BCUT2D eigenvalue weighted by Gasteiger charge is 2.18. The molecule has 2 rings (SSSR count). The third-order valence-electron chi connectivity index (χ3n) is 2.71. The summed E-state index contributed by atoms with van der Waals surface area (Å²) in [6.07, 6.45) is 0.817. The molecule has 0 saturated carbocycles. The highest BCUT2D eigenvalue weighted by molar-refractivity contribution is 5.94. The first-order chi connectivity index (χ1) is 9.99. The maximum atomic E-state index is 13.4. The third kappa shape index (κ3) is 3.50. The number of benzene rings is 1. The van der Waals surface area contributed by atoms with Crippen LogP contribution in [0.1, 0.15) is 22.6 Å². The lowest BCUT2D eigenvalue weighted by atomic mass is 10.2. The van der Waals surface area contributed by atoms with Gasteiger partial charge in [0.2, 0.25) is 0 Å². The van der Waals surface area contributed by atoms with Crippen LogP contribution in [0.5, 0.6) is 0 Å². The van der Waals surface area contributed by atoms with E-state index < -0.39 is 34.6 Å². The minimum atomic E-state index is -1.68. The van der Waals surface area contributed by atoms with Gasteiger partial charge in [-0.15, -0.1) is 0 Å². The van der Waals surface area contributed by atoms with Crippen molar-refractivity contribution in [3.8, 4) is 0 Å². The fraction of sp³-hybridized carbons (Fsp3) is 0.250. The highest BCUT2D eigenvalue weighted by Crippen LogP contribution is 2.14. The Morgan fingerprint density at radius 2 is 2.00 bits per heavy atom. The zero-order valence-electron chi connectivity index (χ0n) is 10.7. The van der Waals surface area contributed by atoms with Crippen molar-refractivity contribution in [1.29, 1.82) is 0 Å². The quantitative estimate of drug-likeness (QED) is 0.565. The predicted molar refractivity (Wildman–Crippen MR) is 66.2 cm³/mol. The van der Waals surface area contributed by atoms with Crippen LogP contribution < -0.4 is 11.0 Å². The summed E-state index contributed by atoms with van der Waals surface area (Å²) in [7, 11) is 0. The van der Waals surface area contributed by atoms with E-state index in [2.05, 4.69) is 20.5 Å². The van der Waals surface area contributed by atoms with Crippen molar-refractivity contribution >= 4 is 5.91 Å². The fourth-order valence-electron chi connectivity index (χ4n) is 1.68. The topological polar surface area (TPSA) is 90.6 Å². The zero-order valence-corrected chi connectivity index (χ0v) is 10.7. The van der Waals surface area contributed by atoms with Crippen LogP contribution in [0.2, 0.25) is 0 Å². The van der Waals surface area contributed by atoms with E-state index in [9.17, 15) is 22.8 Å². The number of nitrogens with zero attached hydrogens (tertiary/aromatic N) is 1. The lowest BCUT2D eigenvalue weighted by Crippen LogP contribution is -2.26. The van der Waals surface area contributed by atoms with Gasteiger partial charge in [0.05, 0.1) is 5.56 Å². The minimum Gasteiger partial charge on any atom is -0.352 e. The Balaban J connectivity index is 1.87. The molecule has 0 unspecified atom stereocenters. The highest BCUT2D eigenvalue weighted by atomic mass is 19.2. The molecule has 0 fully saturated rings. The average molecular weight is 300 g/mol. The van der Waals surface area contributed by atoms with E-state index in [4.69, 9.17) is 0 Å². The summed E-state index contributed by atoms with van der Waals surface area (Å²) in [6, 6.07) is 1.55. The molecule has 1 aromatic carbocycles. The minimum absolute atomic E-state index is 0.159. The molecular weight excluding hydrogens is 289 g/mol. The number of H-pyrrole nitrogens is 2. The van der Waals surface area contributed by atoms with Crippen LogP contribution in [0.15, 0.2) is 16.9 Å². The Morgan fingerprint density at radius 1 is 1.24 bits per heavy atom. The van der Waals surface area contributed by atoms with Crippen LogP contribution in [0.3, 0.4) is 0 Å². The van der Waals surface area contributed by atoms with E-state index in [0.717, 1.165) is 6.07 Å². The standard InChI is InChI=1S/C12H11F3N4O2/c13-7-4-3-6(9(14)10(7)15)11(20)16-5-1-2-8-17-12(21)19-18-8/h3-4H,1-2,5H2,(H,16,20)(H2,17,18,19,21). The molecule has 0 spiro atoms. The van der Waals surface area contributed by atoms with Crippen LogP contribution in [0.25, 0.3) is 0 Å². The molecule has 0 radical (unpaired) electrons. The molecule has 0 aliphatic heterocycles. The molecule has 2 aromatic rings. The van der Waals surface area contributed by atoms with Crippen molar-refractivity contribution in [3.05, 3.63) is 51.5 Å². The van der Waals surface area contributed by atoms with Gasteiger partial charge in [0, 0.05) is 13.0 Å². The maximum Gasteiger partial charge on any atom is 0.340 e. The predicted octanol–water partition coefficient (Wildman–Crippen LogP) is 0.878. The van der Waals surface area contributed by atoms with E-state index in [-0.39, 0.29) is 6.54 Å². The maximum absolute atomic E-state index is 13.4. The van der Waals surface area contributed by atoms with Gasteiger partial charge in [-0.25, -0.2) is 23.1 Å². The molecule has 6 nitrogen and oxygen atoms in total. The van der Waals surface area contributed by atoms with E-state index in [1.807, 2.05) is 0 Å². The zero-order chi connectivity index (χ0) is 15.4. The molecule has 0 aliphatic rings. The first kappa shape index (κ1) is 14.8. The van der Waals surface area contributed by atoms with Crippen molar-refractivity contribution in [2.45, 2.75) is 12.8 Å². The molecule has 1 heterocycles. The summed E-state index contributed by atoms with van der Waals surface area (Å²) in [4.78, 5) is 24.8. The SMILES string of the molecule is O=C(NCCCc1n[nH]c(=O)[nH]1)c1ccc(F)c(F)c1F. The van der Waals surface area contributed by atoms with Gasteiger partial charge in [-0.2, -0.15) is 5.10 Å². The van der Waals surface area contributed by atoms with Gasteiger partial charge in [-0.05, 0) is 18.6 Å². The second kappa shape index (κ2) is 6.25. The van der Waals surface area contributed by atoms with Gasteiger partial charge < -0.3 is 5.32 Å². The number of aryl methyl sites for hydroxylation is 1. The molecule has 0 atom stereocenters. The summed E-state index contributed by atoms with van der Waals surface area (Å²) in [5, 5.41) is 8.22. The molecular formula is C12H11F3N4O2. The van der Waals surface area contributed by atoms with Gasteiger partial charge >= 0.3 is 5.69 Å². The van der Waals surface area contributed by atoms with E-state index >= 15 is 0 Å². The van der Waals surface area contributed by atoms with E-state index in [1.165, 1.54) is 0 Å². The van der Waals surface area contributed by atoms with Crippen molar-refractivity contribution < 1.29 is 18.0 Å². The number of halogens is 3. The van der Waals surface area contributed by atoms with Crippen LogP contribution in [0.4, 0.5) is 13.2 Å². The number of amides is 1. The summed E-state index contributed by atoms with van der Waals surface area (Å²) in [6.45, 7) is 0.159. The Hall–Kier alpha value is -2.58. The van der Waals surface area contributed by atoms with Crippen molar-refractivity contribution in [2.75, 3.05) is 6.54 Å². The normalized spacial score (nSPS) is 10.6. The number of carbonyl (C=O) groups excluding carboxylic acids is 1. The number of aromatic amines is 2. The molecule has 0 bridgehead atoms. The Labute approximate surface area is 116 Å². The fourth-order valence-corrected chi connectivity index (χ4v) is 1.68. The van der Waals surface area contributed by atoms with Gasteiger partial charge in [0.1, 0.15) is 5.82 Å². The van der Waals surface area contributed by atoms with Gasteiger partial charge in [0.25, 0.3) is 5.91 Å². The smallest absolute Gasteiger partial charge is 0.340 e. The lowest BCUT2D eigenvalue weighted by Gasteiger charge is -2.06. The molecule has 9 heteroatoms. The van der Waals surface area contributed by atoms with Crippen LogP contribution in [0, 0.1) is 17.5 Å². The summed E-state index contributed by atoms with van der Waals surface area (Å²) in [5.41, 5.74) is -1.00. The Morgan fingerprint density at radius 3 is 2.67 bits per heavy atom. The van der Waals surface area contributed by atoms with Gasteiger partial charge in [-0.3, -0.25) is 9.78 Å².